The van der Waals surface area contributed by atoms with Gasteiger partial charge < -0.3 is 9.05 Å². The van der Waals surface area contributed by atoms with E-state index in [0.29, 0.717) is 23.3 Å². The Morgan fingerprint density at radius 1 is 1.04 bits per heavy atom. The van der Waals surface area contributed by atoms with Gasteiger partial charge in [-0.2, -0.15) is 4.98 Å². The van der Waals surface area contributed by atoms with Gasteiger partial charge in [0, 0.05) is 17.5 Å². The van der Waals surface area contributed by atoms with E-state index < -0.39 is 0 Å². The molecule has 0 saturated heterocycles. The summed E-state index contributed by atoms with van der Waals surface area (Å²) in [5.74, 6) is 2.57. The molecule has 124 valence electrons. The normalized spacial score (nSPS) is 17.7. The summed E-state index contributed by atoms with van der Waals surface area (Å²) in [6.07, 6.45) is 2.99. The van der Waals surface area contributed by atoms with E-state index in [9.17, 15) is 0 Å². The van der Waals surface area contributed by atoms with E-state index in [1.807, 2.05) is 30.3 Å². The summed E-state index contributed by atoms with van der Waals surface area (Å²) >= 11 is 0. The fourth-order valence-corrected chi connectivity index (χ4v) is 3.34. The van der Waals surface area contributed by atoms with Crippen molar-refractivity contribution in [3.8, 4) is 23.0 Å². The van der Waals surface area contributed by atoms with Crippen LogP contribution in [0.5, 0.6) is 0 Å². The van der Waals surface area contributed by atoms with E-state index in [1.54, 1.807) is 0 Å². The van der Waals surface area contributed by atoms with Crippen molar-refractivity contribution >= 4 is 0 Å². The highest BCUT2D eigenvalue weighted by molar-refractivity contribution is 5.60. The molecule has 0 aliphatic heterocycles. The summed E-state index contributed by atoms with van der Waals surface area (Å²) in [4.78, 5) is 4.52. The Morgan fingerprint density at radius 3 is 2.58 bits per heavy atom. The fraction of sp³-hybridized carbons (Fsp3) is 0.421. The molecule has 1 atom stereocenters. The number of nitrogens with zero attached hydrogens (tertiary/aromatic N) is 3. The van der Waals surface area contributed by atoms with E-state index in [4.69, 9.17) is 9.05 Å². The van der Waals surface area contributed by atoms with Crippen molar-refractivity contribution in [2.24, 2.45) is 11.3 Å². The smallest absolute Gasteiger partial charge is 0.280 e. The van der Waals surface area contributed by atoms with Crippen LogP contribution in [0.15, 0.2) is 39.4 Å². The maximum absolute atomic E-state index is 5.54. The molecule has 0 saturated carbocycles. The highest BCUT2D eigenvalue weighted by Crippen LogP contribution is 2.40. The van der Waals surface area contributed by atoms with Gasteiger partial charge in [0.05, 0.1) is 0 Å². The number of hydrogen-bond donors (Lipinski definition) is 0. The van der Waals surface area contributed by atoms with Crippen LogP contribution in [-0.2, 0) is 12.8 Å². The van der Waals surface area contributed by atoms with Crippen molar-refractivity contribution in [1.82, 2.24) is 15.3 Å². The number of rotatable bonds is 2. The monoisotopic (exact) mass is 323 g/mol. The Morgan fingerprint density at radius 2 is 1.83 bits per heavy atom. The molecule has 5 heteroatoms. The summed E-state index contributed by atoms with van der Waals surface area (Å²) in [5.41, 5.74) is 3.02. The molecule has 0 amide bonds. The average molecular weight is 323 g/mol. The first-order valence-corrected chi connectivity index (χ1v) is 8.39. The summed E-state index contributed by atoms with van der Waals surface area (Å²) in [6, 6.07) is 9.80. The molecule has 1 aliphatic rings. The molecule has 0 bridgehead atoms. The quantitative estimate of drug-likeness (QED) is 0.692. The molecule has 1 unspecified atom stereocenters. The van der Waals surface area contributed by atoms with Crippen molar-refractivity contribution in [3.05, 3.63) is 41.7 Å². The van der Waals surface area contributed by atoms with Crippen LogP contribution in [-0.4, -0.2) is 15.3 Å². The van der Waals surface area contributed by atoms with Gasteiger partial charge in [-0.1, -0.05) is 61.4 Å². The molecule has 0 radical (unpaired) electrons. The van der Waals surface area contributed by atoms with Gasteiger partial charge in [-0.05, 0) is 24.2 Å². The molecule has 0 N–H and O–H groups in total. The van der Waals surface area contributed by atoms with Gasteiger partial charge in [0.1, 0.15) is 5.76 Å². The Hall–Kier alpha value is -2.43. The third-order valence-corrected chi connectivity index (χ3v) is 4.93. The minimum absolute atomic E-state index is 0.260. The molecule has 1 aliphatic carbocycles. The average Bonchev–Trinajstić information content (AvgIpc) is 3.21. The molecule has 1 aromatic carbocycles. The lowest BCUT2D eigenvalue weighted by atomic mass is 9.71. The summed E-state index contributed by atoms with van der Waals surface area (Å²) < 4.78 is 11.0. The molecule has 3 aromatic rings. The molecule has 2 heterocycles. The van der Waals surface area contributed by atoms with Crippen LogP contribution in [0, 0.1) is 11.3 Å². The number of hydrogen-bond acceptors (Lipinski definition) is 5. The topological polar surface area (TPSA) is 65.0 Å². The second kappa shape index (κ2) is 5.58. The first kappa shape index (κ1) is 15.1. The van der Waals surface area contributed by atoms with Crippen LogP contribution in [0.4, 0.5) is 0 Å². The minimum atomic E-state index is 0.260. The minimum Gasteiger partial charge on any atom is -0.360 e. The lowest BCUT2D eigenvalue weighted by Crippen LogP contribution is -2.26. The fourth-order valence-electron chi connectivity index (χ4n) is 3.34. The molecule has 2 aromatic heterocycles. The Bertz CT molecular complexity index is 843. The summed E-state index contributed by atoms with van der Waals surface area (Å²) in [5, 5.41) is 8.31. The van der Waals surface area contributed by atoms with Gasteiger partial charge in [-0.15, -0.1) is 0 Å². The first-order chi connectivity index (χ1) is 11.5. The van der Waals surface area contributed by atoms with E-state index in [0.717, 1.165) is 36.1 Å². The van der Waals surface area contributed by atoms with E-state index in [2.05, 4.69) is 36.1 Å². The van der Waals surface area contributed by atoms with Crippen LogP contribution >= 0.6 is 0 Å². The maximum Gasteiger partial charge on any atom is 0.280 e. The Balaban J connectivity index is 1.68. The number of aryl methyl sites for hydroxylation is 1. The van der Waals surface area contributed by atoms with Gasteiger partial charge in [0.15, 0.2) is 5.69 Å². The Labute approximate surface area is 141 Å². The van der Waals surface area contributed by atoms with Crippen LogP contribution in [0.1, 0.15) is 38.5 Å². The van der Waals surface area contributed by atoms with Crippen molar-refractivity contribution in [2.75, 3.05) is 0 Å². The third-order valence-electron chi connectivity index (χ3n) is 4.93. The van der Waals surface area contributed by atoms with Crippen molar-refractivity contribution in [2.45, 2.75) is 40.0 Å². The zero-order valence-electron chi connectivity index (χ0n) is 14.2. The zero-order valence-corrected chi connectivity index (χ0v) is 14.2. The molecule has 0 spiro atoms. The first-order valence-electron chi connectivity index (χ1n) is 8.39. The standard InChI is InChI=1S/C19H21N3O2/c1-19(2,3)13-9-10-15-14(11-13)16(21-23-15)18-20-17(22-24-18)12-7-5-4-6-8-12/h4-8,13H,9-11H2,1-3H3. The predicted molar refractivity (Wildman–Crippen MR) is 90.2 cm³/mol. The van der Waals surface area contributed by atoms with Gasteiger partial charge in [0.2, 0.25) is 5.82 Å². The molecule has 4 rings (SSSR count). The number of fused-ring (bicyclic) bond motifs is 1. The van der Waals surface area contributed by atoms with Crippen LogP contribution < -0.4 is 0 Å². The van der Waals surface area contributed by atoms with E-state index >= 15 is 0 Å². The van der Waals surface area contributed by atoms with Gasteiger partial charge in [0.25, 0.3) is 5.89 Å². The molecule has 0 fully saturated rings. The van der Waals surface area contributed by atoms with E-state index in [1.165, 1.54) is 0 Å². The lowest BCUT2D eigenvalue weighted by molar-refractivity contribution is 0.206. The third kappa shape index (κ3) is 2.64. The van der Waals surface area contributed by atoms with Gasteiger partial charge >= 0.3 is 0 Å². The van der Waals surface area contributed by atoms with Crippen molar-refractivity contribution in [1.29, 1.82) is 0 Å². The number of aromatic nitrogens is 3. The van der Waals surface area contributed by atoms with Crippen molar-refractivity contribution in [3.63, 3.8) is 0 Å². The largest absolute Gasteiger partial charge is 0.360 e. The molecular formula is C19H21N3O2. The Kier molecular flexibility index (Phi) is 3.52. The molecule has 5 nitrogen and oxygen atoms in total. The van der Waals surface area contributed by atoms with Gasteiger partial charge in [-0.3, -0.25) is 0 Å². The SMILES string of the molecule is CC(C)(C)C1CCc2onc(-c3nc(-c4ccccc4)no3)c2C1. The lowest BCUT2D eigenvalue weighted by Gasteiger charge is -2.33. The number of benzene rings is 1. The molecule has 24 heavy (non-hydrogen) atoms. The highest BCUT2D eigenvalue weighted by Gasteiger charge is 2.34. The molecular weight excluding hydrogens is 302 g/mol. The van der Waals surface area contributed by atoms with Crippen LogP contribution in [0.25, 0.3) is 23.0 Å². The van der Waals surface area contributed by atoms with Crippen LogP contribution in [0.3, 0.4) is 0 Å². The second-order valence-corrected chi connectivity index (χ2v) is 7.53. The summed E-state index contributed by atoms with van der Waals surface area (Å²) in [6.45, 7) is 6.86. The van der Waals surface area contributed by atoms with Gasteiger partial charge in [-0.25, -0.2) is 0 Å². The second-order valence-electron chi connectivity index (χ2n) is 7.53. The van der Waals surface area contributed by atoms with Crippen molar-refractivity contribution < 1.29 is 9.05 Å². The summed E-state index contributed by atoms with van der Waals surface area (Å²) in [7, 11) is 0. The zero-order chi connectivity index (χ0) is 16.7. The van der Waals surface area contributed by atoms with Crippen LogP contribution in [0.2, 0.25) is 0 Å². The highest BCUT2D eigenvalue weighted by atomic mass is 16.5. The predicted octanol–water partition coefficient (Wildman–Crippen LogP) is 4.54. The van der Waals surface area contributed by atoms with E-state index in [-0.39, 0.29) is 5.41 Å². The maximum atomic E-state index is 5.54.